The number of aliphatic carboxylic acids is 1. The summed E-state index contributed by atoms with van der Waals surface area (Å²) in [6.45, 7) is 7.66. The standard InChI is InChI=1S/C9H18N2O2/c1-7(2)10-11-9(3,4)6-5-8(12)13/h7H,5-6H2,1-4H3,(H,12,13). The predicted molar refractivity (Wildman–Crippen MR) is 50.9 cm³/mol. The Morgan fingerprint density at radius 2 is 2.00 bits per heavy atom. The molecular formula is C9H18N2O2. The van der Waals surface area contributed by atoms with Gasteiger partial charge in [-0.1, -0.05) is 0 Å². The number of carbonyl (C=O) groups is 1. The molecule has 1 N–H and O–H groups in total. The molecule has 4 nitrogen and oxygen atoms in total. The minimum atomic E-state index is -0.784. The van der Waals surface area contributed by atoms with Crippen LogP contribution >= 0.6 is 0 Å². The van der Waals surface area contributed by atoms with Crippen LogP contribution in [0.3, 0.4) is 0 Å². The van der Waals surface area contributed by atoms with Crippen molar-refractivity contribution < 1.29 is 9.90 Å². The average Bonchev–Trinajstić information content (AvgIpc) is 1.98. The van der Waals surface area contributed by atoms with Gasteiger partial charge < -0.3 is 5.11 Å². The van der Waals surface area contributed by atoms with Crippen molar-refractivity contribution in [3.63, 3.8) is 0 Å². The Kier molecular flexibility index (Phi) is 4.59. The number of nitrogens with zero attached hydrogens (tertiary/aromatic N) is 2. The number of carboxylic acid groups (broad SMARTS) is 1. The van der Waals surface area contributed by atoms with E-state index >= 15 is 0 Å². The Morgan fingerprint density at radius 1 is 1.46 bits per heavy atom. The first-order valence-corrected chi connectivity index (χ1v) is 4.47. The number of carboxylic acids is 1. The van der Waals surface area contributed by atoms with Gasteiger partial charge in [0.25, 0.3) is 0 Å². The summed E-state index contributed by atoms with van der Waals surface area (Å²) in [6.07, 6.45) is 0.669. The average molecular weight is 186 g/mol. The van der Waals surface area contributed by atoms with Gasteiger partial charge in [-0.25, -0.2) is 0 Å². The lowest BCUT2D eigenvalue weighted by Crippen LogP contribution is -2.18. The van der Waals surface area contributed by atoms with E-state index in [0.717, 1.165) is 0 Å². The predicted octanol–water partition coefficient (Wildman–Crippen LogP) is 2.49. The molecule has 0 atom stereocenters. The second kappa shape index (κ2) is 4.94. The van der Waals surface area contributed by atoms with Crippen molar-refractivity contribution in [2.75, 3.05) is 0 Å². The lowest BCUT2D eigenvalue weighted by atomic mass is 10.0. The summed E-state index contributed by atoms with van der Waals surface area (Å²) >= 11 is 0. The van der Waals surface area contributed by atoms with Gasteiger partial charge in [-0.05, 0) is 34.1 Å². The normalized spacial score (nSPS) is 12.7. The molecule has 0 fully saturated rings. The Hall–Kier alpha value is -0.930. The van der Waals surface area contributed by atoms with Crippen molar-refractivity contribution >= 4 is 5.97 Å². The topological polar surface area (TPSA) is 62.0 Å². The molecule has 13 heavy (non-hydrogen) atoms. The van der Waals surface area contributed by atoms with E-state index in [0.29, 0.717) is 6.42 Å². The summed E-state index contributed by atoms with van der Waals surface area (Å²) in [5, 5.41) is 16.6. The molecule has 76 valence electrons. The zero-order valence-electron chi connectivity index (χ0n) is 8.74. The summed E-state index contributed by atoms with van der Waals surface area (Å²) in [7, 11) is 0. The first-order valence-electron chi connectivity index (χ1n) is 4.47. The molecule has 4 heteroatoms. The van der Waals surface area contributed by atoms with Crippen LogP contribution in [0.4, 0.5) is 0 Å². The first kappa shape index (κ1) is 12.1. The zero-order valence-corrected chi connectivity index (χ0v) is 8.74. The van der Waals surface area contributed by atoms with Gasteiger partial charge in [-0.15, -0.1) is 0 Å². The molecule has 0 rings (SSSR count). The summed E-state index contributed by atoms with van der Waals surface area (Å²) in [4.78, 5) is 10.3. The van der Waals surface area contributed by atoms with E-state index in [2.05, 4.69) is 10.2 Å². The quantitative estimate of drug-likeness (QED) is 0.670. The molecule has 0 spiro atoms. The maximum atomic E-state index is 10.3. The fourth-order valence-corrected chi connectivity index (χ4v) is 0.735. The molecule has 0 aromatic rings. The van der Waals surface area contributed by atoms with Gasteiger partial charge in [0, 0.05) is 6.42 Å². The highest BCUT2D eigenvalue weighted by atomic mass is 16.4. The Morgan fingerprint density at radius 3 is 2.38 bits per heavy atom. The molecule has 0 aliphatic carbocycles. The molecule has 0 radical (unpaired) electrons. The Bertz CT molecular complexity index is 198. The van der Waals surface area contributed by atoms with Crippen LogP contribution in [0, 0.1) is 0 Å². The first-order chi connectivity index (χ1) is 5.83. The van der Waals surface area contributed by atoms with Crippen molar-refractivity contribution in [1.82, 2.24) is 0 Å². The molecule has 0 aromatic heterocycles. The molecule has 0 aliphatic rings. The van der Waals surface area contributed by atoms with Crippen molar-refractivity contribution in [3.8, 4) is 0 Å². The van der Waals surface area contributed by atoms with Crippen LogP contribution in [0.5, 0.6) is 0 Å². The van der Waals surface area contributed by atoms with Crippen LogP contribution in [0.1, 0.15) is 40.5 Å². The zero-order chi connectivity index (χ0) is 10.5. The van der Waals surface area contributed by atoms with Crippen LogP contribution in [-0.2, 0) is 4.79 Å². The molecule has 0 saturated heterocycles. The van der Waals surface area contributed by atoms with E-state index < -0.39 is 5.97 Å². The summed E-state index contributed by atoms with van der Waals surface area (Å²) < 4.78 is 0. The molecule has 0 saturated carbocycles. The van der Waals surface area contributed by atoms with Crippen molar-refractivity contribution in [2.45, 2.75) is 52.1 Å². The van der Waals surface area contributed by atoms with Gasteiger partial charge in [0.15, 0.2) is 0 Å². The van der Waals surface area contributed by atoms with Crippen LogP contribution in [-0.4, -0.2) is 22.7 Å². The number of azo groups is 1. The van der Waals surface area contributed by atoms with Gasteiger partial charge in [0.2, 0.25) is 0 Å². The molecular weight excluding hydrogens is 168 g/mol. The highest BCUT2D eigenvalue weighted by Gasteiger charge is 2.18. The molecule has 0 amide bonds. The molecule has 0 bridgehead atoms. The summed E-state index contributed by atoms with van der Waals surface area (Å²) in [6, 6.07) is 0.170. The number of hydrogen-bond donors (Lipinski definition) is 1. The van der Waals surface area contributed by atoms with Crippen molar-refractivity contribution in [1.29, 1.82) is 0 Å². The second-order valence-electron chi connectivity index (χ2n) is 4.02. The van der Waals surface area contributed by atoms with Crippen molar-refractivity contribution in [3.05, 3.63) is 0 Å². The molecule has 0 unspecified atom stereocenters. The molecule has 0 aromatic carbocycles. The fourth-order valence-electron chi connectivity index (χ4n) is 0.735. The Labute approximate surface area is 79.1 Å². The number of hydrogen-bond acceptors (Lipinski definition) is 3. The maximum absolute atomic E-state index is 10.3. The fraction of sp³-hybridized carbons (Fsp3) is 0.889. The largest absolute Gasteiger partial charge is 0.481 e. The van der Waals surface area contributed by atoms with Crippen LogP contribution in [0.25, 0.3) is 0 Å². The lowest BCUT2D eigenvalue weighted by molar-refractivity contribution is -0.137. The van der Waals surface area contributed by atoms with Gasteiger partial charge in [0.05, 0.1) is 11.6 Å². The van der Waals surface area contributed by atoms with E-state index in [1.54, 1.807) is 0 Å². The smallest absolute Gasteiger partial charge is 0.303 e. The third-order valence-corrected chi connectivity index (χ3v) is 1.51. The third-order valence-electron chi connectivity index (χ3n) is 1.51. The van der Waals surface area contributed by atoms with E-state index in [-0.39, 0.29) is 18.0 Å². The summed E-state index contributed by atoms with van der Waals surface area (Å²) in [5.41, 5.74) is -0.358. The highest BCUT2D eigenvalue weighted by molar-refractivity contribution is 5.66. The van der Waals surface area contributed by atoms with Crippen LogP contribution in [0.2, 0.25) is 0 Å². The molecule has 0 heterocycles. The SMILES string of the molecule is CC(C)N=NC(C)(C)CCC(=O)O. The van der Waals surface area contributed by atoms with Crippen LogP contribution < -0.4 is 0 Å². The summed E-state index contributed by atoms with van der Waals surface area (Å²) in [5.74, 6) is -0.784. The Balaban J connectivity index is 4.00. The highest BCUT2D eigenvalue weighted by Crippen LogP contribution is 2.17. The minimum absolute atomic E-state index is 0.143. The third kappa shape index (κ3) is 7.43. The maximum Gasteiger partial charge on any atom is 0.303 e. The van der Waals surface area contributed by atoms with Crippen molar-refractivity contribution in [2.24, 2.45) is 10.2 Å². The van der Waals surface area contributed by atoms with Gasteiger partial charge in [0.1, 0.15) is 0 Å². The monoisotopic (exact) mass is 186 g/mol. The van der Waals surface area contributed by atoms with Gasteiger partial charge in [-0.2, -0.15) is 10.2 Å². The van der Waals surface area contributed by atoms with Gasteiger partial charge >= 0.3 is 5.97 Å². The van der Waals surface area contributed by atoms with E-state index in [1.165, 1.54) is 0 Å². The van der Waals surface area contributed by atoms with E-state index in [9.17, 15) is 4.79 Å². The van der Waals surface area contributed by atoms with E-state index in [1.807, 2.05) is 27.7 Å². The second-order valence-corrected chi connectivity index (χ2v) is 4.02. The minimum Gasteiger partial charge on any atom is -0.481 e. The lowest BCUT2D eigenvalue weighted by Gasteiger charge is -2.16. The van der Waals surface area contributed by atoms with Crippen LogP contribution in [0.15, 0.2) is 10.2 Å². The number of rotatable bonds is 5. The molecule has 0 aliphatic heterocycles. The van der Waals surface area contributed by atoms with E-state index in [4.69, 9.17) is 5.11 Å². The van der Waals surface area contributed by atoms with Gasteiger partial charge in [-0.3, -0.25) is 4.79 Å².